The van der Waals surface area contributed by atoms with E-state index in [0.29, 0.717) is 118 Å². The number of rotatable bonds is 29. The van der Waals surface area contributed by atoms with Crippen molar-refractivity contribution >= 4 is 5.97 Å². The lowest BCUT2D eigenvalue weighted by molar-refractivity contribution is -0.0250. The van der Waals surface area contributed by atoms with Gasteiger partial charge in [-0.3, -0.25) is 0 Å². The van der Waals surface area contributed by atoms with Gasteiger partial charge in [0.2, 0.25) is 0 Å². The second kappa shape index (κ2) is 27.9. The van der Waals surface area contributed by atoms with E-state index in [-0.39, 0.29) is 12.6 Å². The lowest BCUT2D eigenvalue weighted by Gasteiger charge is -2.09. The third-order valence-corrected chi connectivity index (χ3v) is 4.54. The Morgan fingerprint density at radius 3 is 1.16 bits per heavy atom. The average molecular weight is 545 g/mol. The fourth-order valence-corrected chi connectivity index (χ4v) is 2.68. The molecule has 0 aliphatic heterocycles. The number of hydrogen-bond donors (Lipinski definition) is 0. The largest absolute Gasteiger partial charge is 0.499 e. The molecule has 0 aliphatic carbocycles. The van der Waals surface area contributed by atoms with Crippen LogP contribution in [0.3, 0.4) is 0 Å². The summed E-state index contributed by atoms with van der Waals surface area (Å²) in [6, 6.07) is 8.85. The van der Waals surface area contributed by atoms with E-state index < -0.39 is 0 Å². The van der Waals surface area contributed by atoms with Crippen molar-refractivity contribution in [2.24, 2.45) is 0 Å². The van der Waals surface area contributed by atoms with Crippen molar-refractivity contribution in [3.8, 4) is 0 Å². The lowest BCUT2D eigenvalue weighted by atomic mass is 10.2. The van der Waals surface area contributed by atoms with Gasteiger partial charge < -0.3 is 47.4 Å². The number of benzene rings is 1. The van der Waals surface area contributed by atoms with E-state index in [1.54, 1.807) is 24.3 Å². The van der Waals surface area contributed by atoms with Crippen LogP contribution in [-0.4, -0.2) is 125 Å². The highest BCUT2D eigenvalue weighted by Gasteiger charge is 2.05. The van der Waals surface area contributed by atoms with Crippen molar-refractivity contribution in [2.45, 2.75) is 0 Å². The van der Waals surface area contributed by atoms with Gasteiger partial charge in [0, 0.05) is 0 Å². The first kappa shape index (κ1) is 33.9. The highest BCUT2D eigenvalue weighted by atomic mass is 16.6. The molecule has 1 aromatic rings. The predicted molar refractivity (Wildman–Crippen MR) is 139 cm³/mol. The molecule has 0 atom stereocenters. The molecule has 0 unspecified atom stereocenters. The summed E-state index contributed by atoms with van der Waals surface area (Å²) in [4.78, 5) is 11.7. The molecule has 1 rings (SSSR count). The summed E-state index contributed by atoms with van der Waals surface area (Å²) in [6.07, 6.45) is 1.39. The Kier molecular flexibility index (Phi) is 24.9. The molecule has 0 amide bonds. The molecule has 0 heterocycles. The minimum atomic E-state index is -0.355. The van der Waals surface area contributed by atoms with Crippen LogP contribution in [0.1, 0.15) is 10.4 Å². The van der Waals surface area contributed by atoms with Crippen LogP contribution in [0.15, 0.2) is 43.2 Å². The normalized spacial score (nSPS) is 10.9. The Morgan fingerprint density at radius 1 is 0.500 bits per heavy atom. The molecule has 0 aromatic heterocycles. The van der Waals surface area contributed by atoms with E-state index in [1.165, 1.54) is 6.26 Å². The van der Waals surface area contributed by atoms with Crippen molar-refractivity contribution in [1.29, 1.82) is 0 Å². The van der Waals surface area contributed by atoms with Gasteiger partial charge in [0.05, 0.1) is 118 Å². The highest BCUT2D eigenvalue weighted by molar-refractivity contribution is 5.89. The highest BCUT2D eigenvalue weighted by Crippen LogP contribution is 2.00. The van der Waals surface area contributed by atoms with Gasteiger partial charge in [0.15, 0.2) is 0 Å². The summed E-state index contributed by atoms with van der Waals surface area (Å²) < 4.78 is 53.3. The maximum absolute atomic E-state index is 11.7. The summed E-state index contributed by atoms with van der Waals surface area (Å²) in [5.74, 6) is -0.355. The smallest absolute Gasteiger partial charge is 0.338 e. The summed E-state index contributed by atoms with van der Waals surface area (Å²) in [7, 11) is 0. The van der Waals surface area contributed by atoms with Crippen molar-refractivity contribution in [3.05, 3.63) is 48.7 Å². The zero-order chi connectivity index (χ0) is 27.2. The minimum absolute atomic E-state index is 0.205. The lowest BCUT2D eigenvalue weighted by Crippen LogP contribution is -2.15. The number of carbonyl (C=O) groups is 1. The molecule has 0 saturated heterocycles. The van der Waals surface area contributed by atoms with Crippen LogP contribution in [0.2, 0.25) is 0 Å². The Hall–Kier alpha value is -2.09. The molecule has 0 radical (unpaired) electrons. The number of esters is 1. The van der Waals surface area contributed by atoms with Gasteiger partial charge >= 0.3 is 5.97 Å². The van der Waals surface area contributed by atoms with Crippen LogP contribution in [-0.2, 0) is 47.4 Å². The van der Waals surface area contributed by atoms with Gasteiger partial charge in [-0.1, -0.05) is 24.8 Å². The number of hydrogen-bond acceptors (Lipinski definition) is 11. The third kappa shape index (κ3) is 23.1. The molecular formula is C27H44O11. The molecule has 1 aromatic carbocycles. The van der Waals surface area contributed by atoms with Crippen LogP contribution in [0.5, 0.6) is 0 Å². The van der Waals surface area contributed by atoms with Crippen LogP contribution < -0.4 is 0 Å². The standard InChI is InChI=1S/C27H44O11/c1-2-29-8-9-30-10-11-31-12-13-32-14-15-33-16-17-34-18-19-35-20-21-36-22-23-37-24-25-38-27(28)26-6-4-3-5-7-26/h2-7H,1,8-25H2. The monoisotopic (exact) mass is 544 g/mol. The Bertz CT molecular complexity index is 645. The maximum atomic E-state index is 11.7. The quantitative estimate of drug-likeness (QED) is 0.0841. The molecule has 0 N–H and O–H groups in total. The first-order chi connectivity index (χ1) is 18.8. The van der Waals surface area contributed by atoms with Crippen LogP contribution in [0, 0.1) is 0 Å². The fraction of sp³-hybridized carbons (Fsp3) is 0.667. The van der Waals surface area contributed by atoms with Crippen LogP contribution in [0.25, 0.3) is 0 Å². The Labute approximate surface area is 226 Å². The van der Waals surface area contributed by atoms with Gasteiger partial charge in [-0.15, -0.1) is 0 Å². The second-order valence-electron chi connectivity index (χ2n) is 7.44. The zero-order valence-corrected chi connectivity index (χ0v) is 22.4. The van der Waals surface area contributed by atoms with E-state index in [0.717, 1.165) is 0 Å². The topological polar surface area (TPSA) is 109 Å². The molecule has 0 aliphatic rings. The summed E-state index contributed by atoms with van der Waals surface area (Å²) >= 11 is 0. The maximum Gasteiger partial charge on any atom is 0.338 e. The van der Waals surface area contributed by atoms with Gasteiger partial charge in [0.25, 0.3) is 0 Å². The molecule has 0 bridgehead atoms. The summed E-state index contributed by atoms with van der Waals surface area (Å²) in [5, 5.41) is 0. The first-order valence-electron chi connectivity index (χ1n) is 12.9. The average Bonchev–Trinajstić information content (AvgIpc) is 2.95. The molecule has 0 fully saturated rings. The summed E-state index contributed by atoms with van der Waals surface area (Å²) in [5.41, 5.74) is 0.527. The fourth-order valence-electron chi connectivity index (χ4n) is 2.68. The van der Waals surface area contributed by atoms with Gasteiger partial charge in [-0.05, 0) is 12.1 Å². The van der Waals surface area contributed by atoms with Crippen LogP contribution >= 0.6 is 0 Å². The number of ether oxygens (including phenoxy) is 10. The van der Waals surface area contributed by atoms with Crippen molar-refractivity contribution in [3.63, 3.8) is 0 Å². The molecule has 0 spiro atoms. The molecule has 38 heavy (non-hydrogen) atoms. The first-order valence-corrected chi connectivity index (χ1v) is 12.9. The molecule has 218 valence electrons. The van der Waals surface area contributed by atoms with Gasteiger partial charge in [-0.2, -0.15) is 0 Å². The van der Waals surface area contributed by atoms with E-state index in [4.69, 9.17) is 47.4 Å². The van der Waals surface area contributed by atoms with E-state index in [2.05, 4.69) is 6.58 Å². The summed E-state index contributed by atoms with van der Waals surface area (Å²) in [6.45, 7) is 11.9. The zero-order valence-electron chi connectivity index (χ0n) is 22.4. The Balaban J connectivity index is 1.66. The van der Waals surface area contributed by atoms with Gasteiger partial charge in [-0.25, -0.2) is 4.79 Å². The van der Waals surface area contributed by atoms with Crippen LogP contribution in [0.4, 0.5) is 0 Å². The molecule has 11 nitrogen and oxygen atoms in total. The molecule has 0 saturated carbocycles. The predicted octanol–water partition coefficient (Wildman–Crippen LogP) is 2.14. The number of carbonyl (C=O) groups excluding carboxylic acids is 1. The SMILES string of the molecule is C=COCCOCCOCCOCCOCCOCCOCCOCCOCCOC(=O)c1ccccc1. The van der Waals surface area contributed by atoms with E-state index in [9.17, 15) is 4.79 Å². The van der Waals surface area contributed by atoms with E-state index in [1.807, 2.05) is 6.07 Å². The van der Waals surface area contributed by atoms with Crippen molar-refractivity contribution in [2.75, 3.05) is 119 Å². The van der Waals surface area contributed by atoms with Crippen molar-refractivity contribution in [1.82, 2.24) is 0 Å². The second-order valence-corrected chi connectivity index (χ2v) is 7.44. The Morgan fingerprint density at radius 2 is 0.816 bits per heavy atom. The molecule has 11 heteroatoms. The minimum Gasteiger partial charge on any atom is -0.499 e. The third-order valence-electron chi connectivity index (χ3n) is 4.54. The molecular weight excluding hydrogens is 500 g/mol. The van der Waals surface area contributed by atoms with E-state index >= 15 is 0 Å². The van der Waals surface area contributed by atoms with Crippen molar-refractivity contribution < 1.29 is 52.2 Å². The van der Waals surface area contributed by atoms with Gasteiger partial charge in [0.1, 0.15) is 13.2 Å².